The molecular formula is C19H19N3O3. The van der Waals surface area contributed by atoms with Gasteiger partial charge in [-0.25, -0.2) is 4.79 Å². The number of fused-ring (bicyclic) bond motifs is 1. The Hall–Kier alpha value is -3.15. The van der Waals surface area contributed by atoms with E-state index in [1.54, 1.807) is 0 Å². The number of esters is 1. The highest BCUT2D eigenvalue weighted by Gasteiger charge is 2.13. The van der Waals surface area contributed by atoms with Crippen molar-refractivity contribution in [3.05, 3.63) is 60.2 Å². The van der Waals surface area contributed by atoms with Crippen LogP contribution in [0.3, 0.4) is 0 Å². The summed E-state index contributed by atoms with van der Waals surface area (Å²) in [7, 11) is 0. The molecule has 0 bridgehead atoms. The van der Waals surface area contributed by atoms with Gasteiger partial charge < -0.3 is 9.84 Å². The fraction of sp³-hybridized carbons (Fsp3) is 0.211. The van der Waals surface area contributed by atoms with Crippen LogP contribution in [0.5, 0.6) is 5.75 Å². The van der Waals surface area contributed by atoms with Gasteiger partial charge in [-0.15, -0.1) is 15.0 Å². The van der Waals surface area contributed by atoms with Gasteiger partial charge in [-0.05, 0) is 49.1 Å². The first-order valence-electron chi connectivity index (χ1n) is 8.02. The highest BCUT2D eigenvalue weighted by atomic mass is 16.5. The molecule has 2 aromatic carbocycles. The predicted octanol–water partition coefficient (Wildman–Crippen LogP) is 3.10. The number of benzene rings is 2. The van der Waals surface area contributed by atoms with Crippen LogP contribution in [0.2, 0.25) is 0 Å². The lowest BCUT2D eigenvalue weighted by Crippen LogP contribution is -2.05. The van der Waals surface area contributed by atoms with Crippen molar-refractivity contribution in [3.8, 4) is 11.4 Å². The molecule has 128 valence electrons. The molecule has 0 saturated heterocycles. The third-order valence-electron chi connectivity index (χ3n) is 3.82. The van der Waals surface area contributed by atoms with Gasteiger partial charge in [0, 0.05) is 6.08 Å². The first kappa shape index (κ1) is 16.7. The Morgan fingerprint density at radius 1 is 1.28 bits per heavy atom. The van der Waals surface area contributed by atoms with Crippen LogP contribution in [0.25, 0.3) is 16.7 Å². The Morgan fingerprint density at radius 3 is 2.60 bits per heavy atom. The zero-order valence-corrected chi connectivity index (χ0v) is 14.0. The number of rotatable bonds is 6. The number of phenolic OH excluding ortho intramolecular Hbond substituents is 1. The van der Waals surface area contributed by atoms with Crippen LogP contribution in [0.15, 0.2) is 49.1 Å². The number of carbonyl (C=O) groups excluding carboxylic acids is 1. The van der Waals surface area contributed by atoms with E-state index >= 15 is 0 Å². The van der Waals surface area contributed by atoms with E-state index in [0.717, 1.165) is 28.2 Å². The number of ether oxygens (including phenoxy) is 1. The number of hydrogen-bond donors (Lipinski definition) is 1. The second-order valence-corrected chi connectivity index (χ2v) is 5.75. The Morgan fingerprint density at radius 2 is 1.96 bits per heavy atom. The van der Waals surface area contributed by atoms with Crippen LogP contribution < -0.4 is 0 Å². The molecule has 3 aromatic rings. The lowest BCUT2D eigenvalue weighted by Gasteiger charge is -2.11. The summed E-state index contributed by atoms with van der Waals surface area (Å²) in [6, 6.07) is 11.3. The van der Waals surface area contributed by atoms with E-state index in [2.05, 4.69) is 16.8 Å². The standard InChI is InChI=1S/C19H19N3O3/c1-3-18(23)25-10-6-7-14-11-13(2)12-17(19(14)24)22-20-15-8-4-5-9-16(15)21-22/h3-5,8-9,11-12,24H,1,6-7,10H2,2H3. The quantitative estimate of drug-likeness (QED) is 0.425. The molecule has 0 radical (unpaired) electrons. The Bertz CT molecular complexity index is 898. The normalized spacial score (nSPS) is 10.8. The molecule has 0 unspecified atom stereocenters. The molecular weight excluding hydrogens is 318 g/mol. The van der Waals surface area contributed by atoms with Crippen molar-refractivity contribution in [3.63, 3.8) is 0 Å². The summed E-state index contributed by atoms with van der Waals surface area (Å²) >= 11 is 0. The number of phenols is 1. The number of nitrogens with zero attached hydrogens (tertiary/aromatic N) is 3. The number of aromatic nitrogens is 3. The van der Waals surface area contributed by atoms with Gasteiger partial charge in [0.15, 0.2) is 0 Å². The molecule has 3 rings (SSSR count). The van der Waals surface area contributed by atoms with Crippen LogP contribution in [0.1, 0.15) is 17.5 Å². The fourth-order valence-electron chi connectivity index (χ4n) is 2.64. The minimum atomic E-state index is -0.443. The second kappa shape index (κ2) is 7.17. The first-order valence-corrected chi connectivity index (χ1v) is 8.02. The predicted molar refractivity (Wildman–Crippen MR) is 94.7 cm³/mol. The van der Waals surface area contributed by atoms with Crippen LogP contribution in [-0.4, -0.2) is 32.7 Å². The first-order chi connectivity index (χ1) is 12.1. The lowest BCUT2D eigenvalue weighted by atomic mass is 10.0. The zero-order chi connectivity index (χ0) is 17.8. The van der Waals surface area contributed by atoms with Gasteiger partial charge in [-0.1, -0.05) is 24.8 Å². The SMILES string of the molecule is C=CC(=O)OCCCc1cc(C)cc(-n2nc3ccccc3n2)c1O. The van der Waals surface area contributed by atoms with E-state index in [-0.39, 0.29) is 12.4 Å². The number of carbonyl (C=O) groups is 1. The molecule has 1 N–H and O–H groups in total. The lowest BCUT2D eigenvalue weighted by molar-refractivity contribution is -0.137. The summed E-state index contributed by atoms with van der Waals surface area (Å²) in [4.78, 5) is 12.5. The molecule has 0 saturated carbocycles. The van der Waals surface area contributed by atoms with Crippen molar-refractivity contribution in [2.75, 3.05) is 6.61 Å². The molecule has 1 heterocycles. The van der Waals surface area contributed by atoms with Gasteiger partial charge in [0.2, 0.25) is 0 Å². The smallest absolute Gasteiger partial charge is 0.330 e. The topological polar surface area (TPSA) is 77.2 Å². The van der Waals surface area contributed by atoms with Crippen LogP contribution in [0.4, 0.5) is 0 Å². The molecule has 0 aliphatic rings. The molecule has 0 fully saturated rings. The summed E-state index contributed by atoms with van der Waals surface area (Å²) < 4.78 is 4.97. The van der Waals surface area contributed by atoms with Gasteiger partial charge in [0.1, 0.15) is 22.5 Å². The molecule has 0 atom stereocenters. The molecule has 0 spiro atoms. The van der Waals surface area contributed by atoms with E-state index in [1.165, 1.54) is 4.80 Å². The van der Waals surface area contributed by atoms with E-state index in [1.807, 2.05) is 43.3 Å². The number of aromatic hydroxyl groups is 1. The van der Waals surface area contributed by atoms with Crippen molar-refractivity contribution >= 4 is 17.0 Å². The number of aryl methyl sites for hydroxylation is 2. The van der Waals surface area contributed by atoms with Crippen LogP contribution >= 0.6 is 0 Å². The average Bonchev–Trinajstić information content (AvgIpc) is 3.04. The maximum atomic E-state index is 11.1. The van der Waals surface area contributed by atoms with Crippen LogP contribution in [-0.2, 0) is 16.0 Å². The third-order valence-corrected chi connectivity index (χ3v) is 3.82. The molecule has 6 heteroatoms. The van der Waals surface area contributed by atoms with Crippen LogP contribution in [0, 0.1) is 6.92 Å². The minimum absolute atomic E-state index is 0.140. The molecule has 0 amide bonds. The summed E-state index contributed by atoms with van der Waals surface area (Å²) in [5, 5.41) is 19.5. The van der Waals surface area contributed by atoms with Gasteiger partial charge >= 0.3 is 5.97 Å². The zero-order valence-electron chi connectivity index (χ0n) is 14.0. The Balaban J connectivity index is 1.84. The van der Waals surface area contributed by atoms with Crippen molar-refractivity contribution < 1.29 is 14.6 Å². The maximum absolute atomic E-state index is 11.1. The third kappa shape index (κ3) is 3.68. The van der Waals surface area contributed by atoms with Gasteiger partial charge in [-0.3, -0.25) is 0 Å². The molecule has 25 heavy (non-hydrogen) atoms. The van der Waals surface area contributed by atoms with Gasteiger partial charge in [0.25, 0.3) is 0 Å². The largest absolute Gasteiger partial charge is 0.505 e. The van der Waals surface area contributed by atoms with Crippen molar-refractivity contribution in [2.24, 2.45) is 0 Å². The summed E-state index contributed by atoms with van der Waals surface area (Å²) in [5.74, 6) is -0.303. The van der Waals surface area contributed by atoms with Crippen molar-refractivity contribution in [2.45, 2.75) is 19.8 Å². The Labute approximate surface area is 145 Å². The number of hydrogen-bond acceptors (Lipinski definition) is 5. The highest BCUT2D eigenvalue weighted by Crippen LogP contribution is 2.28. The fourth-order valence-corrected chi connectivity index (χ4v) is 2.64. The molecule has 0 aliphatic carbocycles. The van der Waals surface area contributed by atoms with E-state index in [0.29, 0.717) is 18.5 Å². The molecule has 0 aliphatic heterocycles. The summed E-state index contributed by atoms with van der Waals surface area (Å²) in [5.41, 5.74) is 3.83. The highest BCUT2D eigenvalue weighted by molar-refractivity contribution is 5.81. The Kier molecular flexibility index (Phi) is 4.79. The summed E-state index contributed by atoms with van der Waals surface area (Å²) in [6.07, 6.45) is 2.31. The van der Waals surface area contributed by atoms with Gasteiger partial charge in [0.05, 0.1) is 6.61 Å². The molecule has 6 nitrogen and oxygen atoms in total. The van der Waals surface area contributed by atoms with Crippen molar-refractivity contribution in [1.29, 1.82) is 0 Å². The van der Waals surface area contributed by atoms with E-state index in [9.17, 15) is 9.90 Å². The summed E-state index contributed by atoms with van der Waals surface area (Å²) in [6.45, 7) is 5.58. The van der Waals surface area contributed by atoms with Crippen molar-refractivity contribution in [1.82, 2.24) is 15.0 Å². The maximum Gasteiger partial charge on any atom is 0.330 e. The van der Waals surface area contributed by atoms with Gasteiger partial charge in [-0.2, -0.15) is 0 Å². The van der Waals surface area contributed by atoms with E-state index in [4.69, 9.17) is 4.74 Å². The average molecular weight is 337 g/mol. The minimum Gasteiger partial charge on any atom is -0.505 e. The second-order valence-electron chi connectivity index (χ2n) is 5.75. The monoisotopic (exact) mass is 337 g/mol. The molecule has 1 aromatic heterocycles. The van der Waals surface area contributed by atoms with E-state index < -0.39 is 5.97 Å².